The zero-order valence-corrected chi connectivity index (χ0v) is 22.2. The Labute approximate surface area is 239 Å². The van der Waals surface area contributed by atoms with E-state index < -0.39 is 23.5 Å². The van der Waals surface area contributed by atoms with Gasteiger partial charge in [-0.15, -0.1) is 11.8 Å². The SMILES string of the molecule is O=C(CSc1ccc(NC(=O)/C(=C/c2cccnc2)NC(=O)c2ccccc2)cc1)Nc1ccc(O)c(C(=O)O)c1. The van der Waals surface area contributed by atoms with Crippen molar-refractivity contribution in [2.24, 2.45) is 0 Å². The number of aromatic carboxylic acids is 1. The number of aromatic nitrogens is 1. The number of hydrogen-bond donors (Lipinski definition) is 5. The molecule has 0 spiro atoms. The molecular weight excluding hydrogens is 544 g/mol. The van der Waals surface area contributed by atoms with E-state index >= 15 is 0 Å². The number of carbonyl (C=O) groups is 4. The maximum atomic E-state index is 13.1. The Morgan fingerprint density at radius 1 is 0.854 bits per heavy atom. The van der Waals surface area contributed by atoms with Crippen molar-refractivity contribution in [3.63, 3.8) is 0 Å². The molecule has 0 atom stereocenters. The Morgan fingerprint density at radius 2 is 1.59 bits per heavy atom. The van der Waals surface area contributed by atoms with Gasteiger partial charge >= 0.3 is 5.97 Å². The van der Waals surface area contributed by atoms with Crippen LogP contribution in [0.25, 0.3) is 6.08 Å². The van der Waals surface area contributed by atoms with E-state index in [4.69, 9.17) is 5.11 Å². The number of rotatable bonds is 10. The minimum Gasteiger partial charge on any atom is -0.507 e. The van der Waals surface area contributed by atoms with Crippen molar-refractivity contribution in [1.82, 2.24) is 10.3 Å². The van der Waals surface area contributed by atoms with E-state index in [9.17, 15) is 24.3 Å². The first-order chi connectivity index (χ1) is 19.8. The normalized spacial score (nSPS) is 10.9. The molecule has 0 radical (unpaired) electrons. The van der Waals surface area contributed by atoms with Crippen LogP contribution < -0.4 is 16.0 Å². The number of carbonyl (C=O) groups excluding carboxylic acids is 3. The summed E-state index contributed by atoms with van der Waals surface area (Å²) in [4.78, 5) is 54.1. The highest BCUT2D eigenvalue weighted by molar-refractivity contribution is 8.00. The highest BCUT2D eigenvalue weighted by Gasteiger charge is 2.16. The number of nitrogens with one attached hydrogen (secondary N) is 3. The summed E-state index contributed by atoms with van der Waals surface area (Å²) in [6.07, 6.45) is 4.70. The predicted molar refractivity (Wildman–Crippen MR) is 156 cm³/mol. The lowest BCUT2D eigenvalue weighted by atomic mass is 10.2. The van der Waals surface area contributed by atoms with Crippen molar-refractivity contribution in [3.8, 4) is 5.75 Å². The van der Waals surface area contributed by atoms with E-state index in [1.165, 1.54) is 36.0 Å². The number of aromatic hydroxyl groups is 1. The van der Waals surface area contributed by atoms with Crippen LogP contribution in [-0.2, 0) is 9.59 Å². The average Bonchev–Trinajstić information content (AvgIpc) is 2.98. The van der Waals surface area contributed by atoms with Gasteiger partial charge in [0.1, 0.15) is 17.0 Å². The molecule has 5 N–H and O–H groups in total. The van der Waals surface area contributed by atoms with Crippen molar-refractivity contribution in [2.75, 3.05) is 16.4 Å². The lowest BCUT2D eigenvalue weighted by Crippen LogP contribution is -2.30. The molecule has 4 aromatic rings. The molecule has 3 amide bonds. The summed E-state index contributed by atoms with van der Waals surface area (Å²) in [5.74, 6) is -3.00. The molecule has 206 valence electrons. The number of nitrogens with zero attached hydrogens (tertiary/aromatic N) is 1. The summed E-state index contributed by atoms with van der Waals surface area (Å²) in [7, 11) is 0. The number of amides is 3. The molecule has 11 heteroatoms. The second-order valence-electron chi connectivity index (χ2n) is 8.52. The molecule has 41 heavy (non-hydrogen) atoms. The van der Waals surface area contributed by atoms with Crippen LogP contribution in [0.5, 0.6) is 5.75 Å². The Kier molecular flexibility index (Phi) is 9.47. The minimum absolute atomic E-state index is 0.0299. The van der Waals surface area contributed by atoms with Gasteiger partial charge in [0.15, 0.2) is 0 Å². The summed E-state index contributed by atoms with van der Waals surface area (Å²) in [6.45, 7) is 0. The molecule has 0 aliphatic rings. The van der Waals surface area contributed by atoms with Gasteiger partial charge in [-0.25, -0.2) is 4.79 Å². The molecule has 0 unspecified atom stereocenters. The van der Waals surface area contributed by atoms with Crippen LogP contribution in [-0.4, -0.2) is 44.6 Å². The van der Waals surface area contributed by atoms with Crippen molar-refractivity contribution in [2.45, 2.75) is 4.90 Å². The topological polar surface area (TPSA) is 158 Å². The lowest BCUT2D eigenvalue weighted by Gasteiger charge is -2.12. The summed E-state index contributed by atoms with van der Waals surface area (Å²) in [5, 5.41) is 26.7. The Morgan fingerprint density at radius 3 is 2.27 bits per heavy atom. The van der Waals surface area contributed by atoms with E-state index in [0.29, 0.717) is 16.8 Å². The molecule has 3 aromatic carbocycles. The van der Waals surface area contributed by atoms with Crippen LogP contribution in [0, 0.1) is 0 Å². The first-order valence-corrected chi connectivity index (χ1v) is 13.2. The largest absolute Gasteiger partial charge is 0.507 e. The number of phenols is 1. The van der Waals surface area contributed by atoms with E-state index in [0.717, 1.165) is 4.90 Å². The van der Waals surface area contributed by atoms with Gasteiger partial charge in [-0.3, -0.25) is 19.4 Å². The molecule has 10 nitrogen and oxygen atoms in total. The van der Waals surface area contributed by atoms with Crippen LogP contribution in [0.15, 0.2) is 108 Å². The van der Waals surface area contributed by atoms with E-state index in [2.05, 4.69) is 20.9 Å². The average molecular weight is 569 g/mol. The molecule has 1 heterocycles. The third kappa shape index (κ3) is 8.28. The number of carboxylic acids is 1. The van der Waals surface area contributed by atoms with Crippen LogP contribution in [0.1, 0.15) is 26.3 Å². The van der Waals surface area contributed by atoms with Gasteiger partial charge in [-0.2, -0.15) is 0 Å². The number of thioether (sulfide) groups is 1. The number of anilines is 2. The second kappa shape index (κ2) is 13.6. The number of benzene rings is 3. The van der Waals surface area contributed by atoms with Crippen LogP contribution in [0.3, 0.4) is 0 Å². The predicted octanol–water partition coefficient (Wildman–Crippen LogP) is 4.63. The van der Waals surface area contributed by atoms with Gasteiger partial charge in [0.2, 0.25) is 5.91 Å². The van der Waals surface area contributed by atoms with Gasteiger partial charge in [0, 0.05) is 34.2 Å². The molecule has 0 fully saturated rings. The van der Waals surface area contributed by atoms with Crippen molar-refractivity contribution in [1.29, 1.82) is 0 Å². The molecule has 0 saturated carbocycles. The van der Waals surface area contributed by atoms with Crippen molar-refractivity contribution < 1.29 is 29.4 Å². The van der Waals surface area contributed by atoms with Crippen LogP contribution in [0.2, 0.25) is 0 Å². The van der Waals surface area contributed by atoms with Gasteiger partial charge in [0.25, 0.3) is 11.8 Å². The maximum Gasteiger partial charge on any atom is 0.339 e. The summed E-state index contributed by atoms with van der Waals surface area (Å²) >= 11 is 1.24. The van der Waals surface area contributed by atoms with Gasteiger partial charge < -0.3 is 26.2 Å². The van der Waals surface area contributed by atoms with E-state index in [1.54, 1.807) is 79.1 Å². The smallest absolute Gasteiger partial charge is 0.339 e. The third-order valence-corrected chi connectivity index (χ3v) is 6.53. The van der Waals surface area contributed by atoms with Crippen molar-refractivity contribution >= 4 is 52.9 Å². The standard InChI is InChI=1S/C30H24N4O6S/c35-26-13-10-22(16-24(26)30(39)40)32-27(36)18-41-23-11-8-21(9-12-23)33-29(38)25(15-19-5-4-14-31-17-19)34-28(37)20-6-2-1-3-7-20/h1-17,35H,18H2,(H,32,36)(H,33,38)(H,34,37)(H,39,40)/b25-15-. The monoisotopic (exact) mass is 568 g/mol. The molecule has 4 rings (SSSR count). The molecule has 1 aromatic heterocycles. The maximum absolute atomic E-state index is 13.1. The van der Waals surface area contributed by atoms with Gasteiger partial charge in [-0.05, 0) is 72.3 Å². The number of hydrogen-bond acceptors (Lipinski definition) is 7. The lowest BCUT2D eigenvalue weighted by molar-refractivity contribution is -0.114. The Hall–Kier alpha value is -5.42. The number of carboxylic acid groups (broad SMARTS) is 1. The fraction of sp³-hybridized carbons (Fsp3) is 0.0333. The molecule has 0 saturated heterocycles. The van der Waals surface area contributed by atoms with Gasteiger partial charge in [-0.1, -0.05) is 24.3 Å². The Balaban J connectivity index is 1.37. The summed E-state index contributed by atoms with van der Waals surface area (Å²) in [6, 6.07) is 22.6. The summed E-state index contributed by atoms with van der Waals surface area (Å²) in [5.41, 5.74) is 1.46. The quantitative estimate of drug-likeness (QED) is 0.105. The second-order valence-corrected chi connectivity index (χ2v) is 9.57. The zero-order valence-electron chi connectivity index (χ0n) is 21.4. The number of pyridine rings is 1. The Bertz CT molecular complexity index is 1590. The van der Waals surface area contributed by atoms with Crippen LogP contribution in [0.4, 0.5) is 11.4 Å². The van der Waals surface area contributed by atoms with E-state index in [1.807, 2.05) is 0 Å². The zero-order chi connectivity index (χ0) is 29.2. The van der Waals surface area contributed by atoms with Crippen LogP contribution >= 0.6 is 11.8 Å². The summed E-state index contributed by atoms with van der Waals surface area (Å²) < 4.78 is 0. The highest BCUT2D eigenvalue weighted by atomic mass is 32.2. The first kappa shape index (κ1) is 28.6. The molecule has 0 bridgehead atoms. The minimum atomic E-state index is -1.31. The van der Waals surface area contributed by atoms with E-state index in [-0.39, 0.29) is 28.6 Å². The molecular formula is C30H24N4O6S. The van der Waals surface area contributed by atoms with Gasteiger partial charge in [0.05, 0.1) is 5.75 Å². The first-order valence-electron chi connectivity index (χ1n) is 12.2. The highest BCUT2D eigenvalue weighted by Crippen LogP contribution is 2.23. The molecule has 0 aliphatic heterocycles. The third-order valence-electron chi connectivity index (χ3n) is 5.52. The fourth-order valence-corrected chi connectivity index (χ4v) is 4.23. The molecule has 0 aliphatic carbocycles. The fourth-order valence-electron chi connectivity index (χ4n) is 3.53. The van der Waals surface area contributed by atoms with Crippen molar-refractivity contribution in [3.05, 3.63) is 120 Å².